The second-order valence-corrected chi connectivity index (χ2v) is 54.3. The molecule has 0 saturated carbocycles. The van der Waals surface area contributed by atoms with Crippen molar-refractivity contribution in [2.24, 2.45) is 0 Å². The van der Waals surface area contributed by atoms with Crippen molar-refractivity contribution in [3.05, 3.63) is 101 Å². The SMILES string of the molecule is CC1=C(C)C[C]([Zr]([CH3])([CH3])(=[SiH2])([O]c2ccc(C(F)(F)F)cc2)([O]c2ccc(C(F)(F)F)cc2)[C]2=CC(C)=C(C)C2)=C1. The maximum atomic E-state index is 13.4. The molecule has 0 radical (unpaired) electrons. The van der Waals surface area contributed by atoms with Gasteiger partial charge in [0.15, 0.2) is 0 Å². The van der Waals surface area contributed by atoms with E-state index in [1.54, 1.807) is 6.88 Å². The summed E-state index contributed by atoms with van der Waals surface area (Å²) in [6, 6.07) is 9.03. The van der Waals surface area contributed by atoms with E-state index >= 15 is 0 Å². The van der Waals surface area contributed by atoms with E-state index < -0.39 is 38.8 Å². The van der Waals surface area contributed by atoms with E-state index in [0.717, 1.165) is 53.1 Å². The summed E-state index contributed by atoms with van der Waals surface area (Å²) in [6.07, 6.45) is -3.98. The molecule has 2 nitrogen and oxygen atoms in total. The Morgan fingerprint density at radius 2 is 0.900 bits per heavy atom. The van der Waals surface area contributed by atoms with Gasteiger partial charge in [-0.25, -0.2) is 0 Å². The zero-order valence-corrected chi connectivity index (χ0v) is 27.4. The molecule has 4 rings (SSSR count). The summed E-state index contributed by atoms with van der Waals surface area (Å²) in [5, 5.41) is 0. The average molecular weight is 660 g/mol. The molecule has 216 valence electrons. The molecular formula is C30H34F6O2SiZr. The molecule has 0 unspecified atom stereocenters. The molecule has 0 fully saturated rings. The van der Waals surface area contributed by atoms with Crippen LogP contribution >= 0.6 is 0 Å². The maximum absolute atomic E-state index is 13.4. The quantitative estimate of drug-likeness (QED) is 0.227. The van der Waals surface area contributed by atoms with Gasteiger partial charge in [0.2, 0.25) is 0 Å². The molecule has 10 heteroatoms. The van der Waals surface area contributed by atoms with Crippen LogP contribution in [0.25, 0.3) is 0 Å². The van der Waals surface area contributed by atoms with E-state index in [1.165, 1.54) is 24.3 Å². The molecule has 0 atom stereocenters. The molecule has 0 aliphatic heterocycles. The summed E-state index contributed by atoms with van der Waals surface area (Å²) in [5.41, 5.74) is 2.59. The second kappa shape index (κ2) is 8.37. The van der Waals surface area contributed by atoms with Gasteiger partial charge in [0, 0.05) is 0 Å². The summed E-state index contributed by atoms with van der Waals surface area (Å²) in [7, 11) is 0. The Morgan fingerprint density at radius 3 is 1.12 bits per heavy atom. The van der Waals surface area contributed by atoms with Gasteiger partial charge in [-0.2, -0.15) is 0 Å². The first-order valence-electron chi connectivity index (χ1n) is 13.0. The third-order valence-corrected chi connectivity index (χ3v) is 35.7. The molecule has 0 aromatic heterocycles. The first-order chi connectivity index (χ1) is 18.0. The fourth-order valence-corrected chi connectivity index (χ4v) is 27.1. The van der Waals surface area contributed by atoms with E-state index in [4.69, 9.17) is 5.63 Å². The number of rotatable bonds is 6. The Bertz CT molecular complexity index is 1540. The molecule has 0 amide bonds. The van der Waals surface area contributed by atoms with Crippen LogP contribution in [-0.2, 0) is 27.7 Å². The van der Waals surface area contributed by atoms with Crippen LogP contribution < -0.4 is 5.63 Å². The van der Waals surface area contributed by atoms with Gasteiger partial charge in [-0.3, -0.25) is 0 Å². The number of halogens is 6. The molecular weight excluding hydrogens is 626 g/mol. The third kappa shape index (κ3) is 4.89. The van der Waals surface area contributed by atoms with Gasteiger partial charge in [0.1, 0.15) is 0 Å². The molecule has 2 aromatic carbocycles. The Balaban J connectivity index is 2.04. The molecule has 2 aromatic rings. The van der Waals surface area contributed by atoms with Crippen molar-refractivity contribution in [3.8, 4) is 11.5 Å². The van der Waals surface area contributed by atoms with Gasteiger partial charge in [-0.15, -0.1) is 0 Å². The minimum absolute atomic E-state index is 0.188. The predicted octanol–water partition coefficient (Wildman–Crippen LogP) is 9.67. The van der Waals surface area contributed by atoms with Crippen LogP contribution in [0.1, 0.15) is 51.7 Å². The van der Waals surface area contributed by atoms with Crippen molar-refractivity contribution in [1.82, 2.24) is 0 Å². The van der Waals surface area contributed by atoms with E-state index in [9.17, 15) is 26.3 Å². The standard InChI is InChI=1S/2C7H5F3O.2C7H9.2CH3.H2Si.Zr/c2*8-7(9,10)5-1-3-6(11)4-2-5;2*1-6-4-3-5-7(6)2;;;;/h2*1-4,11H;2*4H,5H2,1-2H3;2*1H3;1H2;/q;;;;;;;+2/p-2. The normalized spacial score (nSPS) is 19.4. The summed E-state index contributed by atoms with van der Waals surface area (Å²) >= 11 is -6.62. The number of allylic oxidation sites excluding steroid dienone is 8. The molecule has 2 aliphatic carbocycles. The zero-order chi connectivity index (χ0) is 30.1. The molecule has 2 aliphatic rings. The van der Waals surface area contributed by atoms with Crippen LogP contribution in [-0.4, -0.2) is 6.88 Å². The van der Waals surface area contributed by atoms with Crippen molar-refractivity contribution in [2.45, 2.75) is 62.2 Å². The van der Waals surface area contributed by atoms with Crippen LogP contribution in [0, 0.1) is 0 Å². The van der Waals surface area contributed by atoms with Crippen LogP contribution in [0.15, 0.2) is 89.5 Å². The zero-order valence-electron chi connectivity index (χ0n) is 23.5. The van der Waals surface area contributed by atoms with Crippen LogP contribution in [0.2, 0.25) is 9.26 Å². The number of alkyl halides is 6. The van der Waals surface area contributed by atoms with Gasteiger partial charge < -0.3 is 0 Å². The van der Waals surface area contributed by atoms with E-state index in [1.807, 2.05) is 49.1 Å². The van der Waals surface area contributed by atoms with Crippen molar-refractivity contribution >= 4 is 6.88 Å². The minimum atomic E-state index is -6.62. The van der Waals surface area contributed by atoms with Gasteiger partial charge in [-0.05, 0) is 0 Å². The van der Waals surface area contributed by atoms with Crippen LogP contribution in [0.4, 0.5) is 26.3 Å². The Kier molecular flexibility index (Phi) is 6.41. The average Bonchev–Trinajstić information content (AvgIpc) is 3.36. The first-order valence-corrected chi connectivity index (χ1v) is 28.3. The molecule has 40 heavy (non-hydrogen) atoms. The van der Waals surface area contributed by atoms with Gasteiger partial charge in [0.25, 0.3) is 0 Å². The number of hydrogen-bond acceptors (Lipinski definition) is 2. The fraction of sp³-hybridized carbons (Fsp3) is 0.333. The van der Waals surface area contributed by atoms with Crippen LogP contribution in [0.3, 0.4) is 0 Å². The van der Waals surface area contributed by atoms with E-state index in [2.05, 4.69) is 0 Å². The Labute approximate surface area is 227 Å². The summed E-state index contributed by atoms with van der Waals surface area (Å²) in [4.78, 5) is 0. The molecule has 0 heterocycles. The molecule has 0 spiro atoms. The van der Waals surface area contributed by atoms with E-state index in [-0.39, 0.29) is 11.5 Å². The van der Waals surface area contributed by atoms with Gasteiger partial charge in [0.05, 0.1) is 0 Å². The second-order valence-electron chi connectivity index (χ2n) is 13.2. The van der Waals surface area contributed by atoms with E-state index in [0.29, 0.717) is 12.8 Å². The van der Waals surface area contributed by atoms with Gasteiger partial charge >= 0.3 is 228 Å². The summed E-state index contributed by atoms with van der Waals surface area (Å²) in [6.45, 7) is 9.55. The topological polar surface area (TPSA) is 18.5 Å². The Hall–Kier alpha value is -2.32. The molecule has 0 bridgehead atoms. The summed E-state index contributed by atoms with van der Waals surface area (Å²) < 4.78 is 100. The van der Waals surface area contributed by atoms with Crippen LogP contribution in [0.5, 0.6) is 11.5 Å². The number of benzene rings is 2. The first kappa shape index (κ1) is 30.6. The molecule has 0 N–H and O–H groups in total. The van der Waals surface area contributed by atoms with Crippen molar-refractivity contribution in [1.29, 1.82) is 0 Å². The fourth-order valence-electron chi connectivity index (χ4n) is 5.90. The van der Waals surface area contributed by atoms with Crippen molar-refractivity contribution in [3.63, 3.8) is 0 Å². The van der Waals surface area contributed by atoms with Crippen molar-refractivity contribution in [2.75, 3.05) is 0 Å². The van der Waals surface area contributed by atoms with Gasteiger partial charge in [-0.1, -0.05) is 0 Å². The Morgan fingerprint density at radius 1 is 0.600 bits per heavy atom. The summed E-state index contributed by atoms with van der Waals surface area (Å²) in [5.74, 6) is 0.376. The molecule has 0 saturated heterocycles. The van der Waals surface area contributed by atoms with Crippen molar-refractivity contribution < 1.29 is 47.3 Å². The third-order valence-electron chi connectivity index (χ3n) is 9.06. The predicted molar refractivity (Wildman–Crippen MR) is 147 cm³/mol. The monoisotopic (exact) mass is 658 g/mol. The number of hydrogen-bond donors (Lipinski definition) is 0.